The van der Waals surface area contributed by atoms with E-state index in [0.717, 1.165) is 43.1 Å². The van der Waals surface area contributed by atoms with Gasteiger partial charge in [-0.15, -0.1) is 0 Å². The van der Waals surface area contributed by atoms with E-state index in [9.17, 15) is 8.42 Å². The van der Waals surface area contributed by atoms with Crippen LogP contribution in [0.25, 0.3) is 11.1 Å². The predicted octanol–water partition coefficient (Wildman–Crippen LogP) is 1.87. The van der Waals surface area contributed by atoms with Crippen LogP contribution in [0.5, 0.6) is 0 Å². The van der Waals surface area contributed by atoms with Crippen LogP contribution in [-0.4, -0.2) is 81.0 Å². The lowest BCUT2D eigenvalue weighted by Crippen LogP contribution is -2.49. The van der Waals surface area contributed by atoms with Crippen molar-refractivity contribution in [2.75, 3.05) is 57.3 Å². The molecule has 0 amide bonds. The van der Waals surface area contributed by atoms with Crippen LogP contribution in [0, 0.1) is 0 Å². The predicted molar refractivity (Wildman–Crippen MR) is 120 cm³/mol. The van der Waals surface area contributed by atoms with E-state index in [1.807, 2.05) is 30.5 Å². The lowest BCUT2D eigenvalue weighted by atomic mass is 10.1. The molecule has 8 heteroatoms. The molecule has 0 spiro atoms. The Kier molecular flexibility index (Phi) is 6.38. The van der Waals surface area contributed by atoms with Crippen molar-refractivity contribution < 1.29 is 8.42 Å². The first-order chi connectivity index (χ1) is 14.4. The number of nitrogens with zero attached hydrogens (tertiary/aromatic N) is 4. The second-order valence-electron chi connectivity index (χ2n) is 8.20. The summed E-state index contributed by atoms with van der Waals surface area (Å²) in [6.45, 7) is 10.9. The van der Waals surface area contributed by atoms with E-state index in [1.54, 1.807) is 16.4 Å². The van der Waals surface area contributed by atoms with Gasteiger partial charge in [-0.3, -0.25) is 4.90 Å². The van der Waals surface area contributed by atoms with Gasteiger partial charge in [0.15, 0.2) is 0 Å². The molecule has 2 fully saturated rings. The van der Waals surface area contributed by atoms with E-state index < -0.39 is 10.0 Å². The summed E-state index contributed by atoms with van der Waals surface area (Å²) in [6.07, 6.45) is 1.85. The van der Waals surface area contributed by atoms with Crippen molar-refractivity contribution in [2.45, 2.75) is 24.8 Å². The number of benzene rings is 1. The number of rotatable bonds is 5. The van der Waals surface area contributed by atoms with E-state index >= 15 is 0 Å². The van der Waals surface area contributed by atoms with Crippen LogP contribution in [0.3, 0.4) is 0 Å². The molecule has 2 aromatic rings. The lowest BCUT2D eigenvalue weighted by molar-refractivity contribution is 0.209. The first kappa shape index (κ1) is 21.2. The van der Waals surface area contributed by atoms with Crippen molar-refractivity contribution in [3.05, 3.63) is 42.6 Å². The third kappa shape index (κ3) is 4.51. The summed E-state index contributed by atoms with van der Waals surface area (Å²) in [5.74, 6) is 0.978. The first-order valence-electron chi connectivity index (χ1n) is 10.7. The number of aromatic nitrogens is 1. The van der Waals surface area contributed by atoms with Gasteiger partial charge in [0.1, 0.15) is 5.82 Å². The van der Waals surface area contributed by atoms with E-state index in [4.69, 9.17) is 0 Å². The summed E-state index contributed by atoms with van der Waals surface area (Å²) >= 11 is 0. The van der Waals surface area contributed by atoms with Crippen LogP contribution >= 0.6 is 0 Å². The maximum absolute atomic E-state index is 13.0. The van der Waals surface area contributed by atoms with E-state index in [0.29, 0.717) is 37.1 Å². The smallest absolute Gasteiger partial charge is 0.243 e. The number of sulfonamides is 1. The van der Waals surface area contributed by atoms with Crippen molar-refractivity contribution in [2.24, 2.45) is 0 Å². The molecule has 0 atom stereocenters. The van der Waals surface area contributed by atoms with Crippen LogP contribution in [0.4, 0.5) is 5.82 Å². The van der Waals surface area contributed by atoms with Crippen molar-refractivity contribution in [1.82, 2.24) is 19.5 Å². The molecule has 2 aliphatic heterocycles. The zero-order valence-electron chi connectivity index (χ0n) is 17.8. The molecule has 0 aliphatic carbocycles. The van der Waals surface area contributed by atoms with Gasteiger partial charge in [0.25, 0.3) is 0 Å². The fourth-order valence-corrected chi connectivity index (χ4v) is 5.57. The standard InChI is InChI=1S/C22H31N5O2S/c1-18(2)25-12-14-26(15-13-25)22-7-6-20(17-24-22)19-4-3-5-21(16-19)30(28,29)27-10-8-23-9-11-27/h3-7,16-18,23H,8-15H2,1-2H3. The molecule has 0 unspecified atom stereocenters. The number of pyridine rings is 1. The second-order valence-corrected chi connectivity index (χ2v) is 10.1. The van der Waals surface area contributed by atoms with Gasteiger partial charge in [0.2, 0.25) is 10.0 Å². The van der Waals surface area contributed by atoms with Crippen molar-refractivity contribution in [3.63, 3.8) is 0 Å². The van der Waals surface area contributed by atoms with Crippen LogP contribution < -0.4 is 10.2 Å². The fourth-order valence-electron chi connectivity index (χ4n) is 4.08. The minimum atomic E-state index is -3.47. The van der Waals surface area contributed by atoms with Crippen LogP contribution in [0.2, 0.25) is 0 Å². The summed E-state index contributed by atoms with van der Waals surface area (Å²) < 4.78 is 27.5. The monoisotopic (exact) mass is 429 g/mol. The summed E-state index contributed by atoms with van der Waals surface area (Å²) in [7, 11) is -3.47. The molecule has 7 nitrogen and oxygen atoms in total. The molecule has 162 valence electrons. The normalized spacial score (nSPS) is 19.4. The number of anilines is 1. The maximum Gasteiger partial charge on any atom is 0.243 e. The molecule has 2 aliphatic rings. The Bertz CT molecular complexity index is 948. The number of hydrogen-bond acceptors (Lipinski definition) is 6. The van der Waals surface area contributed by atoms with Crippen LogP contribution in [0.15, 0.2) is 47.5 Å². The summed E-state index contributed by atoms with van der Waals surface area (Å²) in [5.41, 5.74) is 1.80. The molecular weight excluding hydrogens is 398 g/mol. The highest BCUT2D eigenvalue weighted by Gasteiger charge is 2.26. The summed E-state index contributed by atoms with van der Waals surface area (Å²) in [5, 5.41) is 3.19. The van der Waals surface area contributed by atoms with Gasteiger partial charge in [-0.25, -0.2) is 13.4 Å². The molecular formula is C22H31N5O2S. The van der Waals surface area contributed by atoms with Gasteiger partial charge in [-0.2, -0.15) is 4.31 Å². The Morgan fingerprint density at radius 1 is 0.933 bits per heavy atom. The van der Waals surface area contributed by atoms with Gasteiger partial charge in [-0.05, 0) is 43.7 Å². The van der Waals surface area contributed by atoms with Crippen LogP contribution in [-0.2, 0) is 10.0 Å². The highest BCUT2D eigenvalue weighted by Crippen LogP contribution is 2.26. The summed E-state index contributed by atoms with van der Waals surface area (Å²) in [6, 6.07) is 11.8. The quantitative estimate of drug-likeness (QED) is 0.783. The fraction of sp³-hybridized carbons (Fsp3) is 0.500. The zero-order chi connectivity index (χ0) is 21.1. The molecule has 30 heavy (non-hydrogen) atoms. The average molecular weight is 430 g/mol. The average Bonchev–Trinajstić information content (AvgIpc) is 2.80. The Hall–Kier alpha value is -2.00. The largest absolute Gasteiger partial charge is 0.354 e. The summed E-state index contributed by atoms with van der Waals surface area (Å²) in [4.78, 5) is 9.81. The molecule has 3 heterocycles. The minimum Gasteiger partial charge on any atom is -0.354 e. The highest BCUT2D eigenvalue weighted by molar-refractivity contribution is 7.89. The molecule has 0 saturated carbocycles. The van der Waals surface area contributed by atoms with Crippen molar-refractivity contribution >= 4 is 15.8 Å². The molecule has 1 aromatic carbocycles. The van der Waals surface area contributed by atoms with Crippen LogP contribution in [0.1, 0.15) is 13.8 Å². The number of piperazine rings is 2. The molecule has 4 rings (SSSR count). The van der Waals surface area contributed by atoms with Gasteiger partial charge in [0, 0.05) is 70.2 Å². The molecule has 0 radical (unpaired) electrons. The maximum atomic E-state index is 13.0. The van der Waals surface area contributed by atoms with E-state index in [1.165, 1.54) is 0 Å². The zero-order valence-corrected chi connectivity index (χ0v) is 18.6. The number of hydrogen-bond donors (Lipinski definition) is 1. The van der Waals surface area contributed by atoms with Gasteiger partial charge in [0.05, 0.1) is 4.90 Å². The molecule has 0 bridgehead atoms. The molecule has 1 N–H and O–H groups in total. The lowest BCUT2D eigenvalue weighted by Gasteiger charge is -2.37. The Balaban J connectivity index is 1.49. The van der Waals surface area contributed by atoms with Crippen molar-refractivity contribution in [3.8, 4) is 11.1 Å². The topological polar surface area (TPSA) is 68.8 Å². The Morgan fingerprint density at radius 2 is 1.67 bits per heavy atom. The molecule has 1 aromatic heterocycles. The number of nitrogens with one attached hydrogen (secondary N) is 1. The van der Waals surface area contributed by atoms with Gasteiger partial charge in [-0.1, -0.05) is 12.1 Å². The minimum absolute atomic E-state index is 0.343. The van der Waals surface area contributed by atoms with Gasteiger partial charge < -0.3 is 10.2 Å². The molecule has 2 saturated heterocycles. The second kappa shape index (κ2) is 9.01. The SMILES string of the molecule is CC(C)N1CCN(c2ccc(-c3cccc(S(=O)(=O)N4CCNCC4)c3)cn2)CC1. The highest BCUT2D eigenvalue weighted by atomic mass is 32.2. The first-order valence-corrected chi connectivity index (χ1v) is 12.2. The van der Waals surface area contributed by atoms with E-state index in [-0.39, 0.29) is 0 Å². The Labute approximate surface area is 179 Å². The Morgan fingerprint density at radius 3 is 2.30 bits per heavy atom. The van der Waals surface area contributed by atoms with Gasteiger partial charge >= 0.3 is 0 Å². The third-order valence-electron chi connectivity index (χ3n) is 6.00. The third-order valence-corrected chi connectivity index (χ3v) is 7.89. The van der Waals surface area contributed by atoms with E-state index in [2.05, 4.69) is 33.9 Å². The van der Waals surface area contributed by atoms with Crippen molar-refractivity contribution in [1.29, 1.82) is 0 Å².